The minimum Gasteiger partial charge on any atom is -0.330 e. The second-order valence-corrected chi connectivity index (χ2v) is 5.17. The highest BCUT2D eigenvalue weighted by atomic mass is 15.1. The molecule has 3 rings (SSSR count). The lowest BCUT2D eigenvalue weighted by atomic mass is 10.0. The summed E-state index contributed by atoms with van der Waals surface area (Å²) < 4.78 is 2.45. The van der Waals surface area contributed by atoms with Crippen LogP contribution in [0.5, 0.6) is 0 Å². The van der Waals surface area contributed by atoms with Gasteiger partial charge in [0, 0.05) is 30.9 Å². The minimum absolute atomic E-state index is 0.645. The fourth-order valence-electron chi connectivity index (χ4n) is 3.20. The summed E-state index contributed by atoms with van der Waals surface area (Å²) in [4.78, 5) is 4.61. The molecule has 2 aliphatic rings. The third-order valence-corrected chi connectivity index (χ3v) is 4.08. The van der Waals surface area contributed by atoms with Crippen molar-refractivity contribution in [1.82, 2.24) is 14.9 Å². The Bertz CT molecular complexity index is 333. The summed E-state index contributed by atoms with van der Waals surface area (Å²) in [6, 6.07) is 0.645. The van der Waals surface area contributed by atoms with Crippen LogP contribution < -0.4 is 5.32 Å². The Hall–Kier alpha value is -0.830. The van der Waals surface area contributed by atoms with Gasteiger partial charge in [-0.2, -0.15) is 0 Å². The molecule has 0 amide bonds. The van der Waals surface area contributed by atoms with Crippen LogP contribution in [0.15, 0.2) is 12.4 Å². The van der Waals surface area contributed by atoms with Gasteiger partial charge in [-0.25, -0.2) is 4.98 Å². The quantitative estimate of drug-likeness (QED) is 0.828. The number of rotatable bonds is 2. The Kier molecular flexibility index (Phi) is 2.96. The summed E-state index contributed by atoms with van der Waals surface area (Å²) in [6.45, 7) is 2.31. The highest BCUT2D eigenvalue weighted by molar-refractivity contribution is 5.05. The number of hydrogen-bond acceptors (Lipinski definition) is 2. The molecule has 0 aromatic carbocycles. The van der Waals surface area contributed by atoms with Gasteiger partial charge in [0.25, 0.3) is 0 Å². The molecule has 0 radical (unpaired) electrons. The number of imidazole rings is 1. The maximum atomic E-state index is 4.61. The predicted molar refractivity (Wildman–Crippen MR) is 64.6 cm³/mol. The van der Waals surface area contributed by atoms with E-state index in [0.29, 0.717) is 6.04 Å². The summed E-state index contributed by atoms with van der Waals surface area (Å²) in [5, 5.41) is 3.49. The zero-order valence-electron chi connectivity index (χ0n) is 9.86. The van der Waals surface area contributed by atoms with Gasteiger partial charge in [-0.3, -0.25) is 0 Å². The van der Waals surface area contributed by atoms with Crippen LogP contribution in [0.4, 0.5) is 0 Å². The van der Waals surface area contributed by atoms with Crippen molar-refractivity contribution in [2.75, 3.05) is 13.1 Å². The van der Waals surface area contributed by atoms with Crippen LogP contribution >= 0.6 is 0 Å². The van der Waals surface area contributed by atoms with Gasteiger partial charge in [-0.15, -0.1) is 0 Å². The molecule has 1 atom stereocenters. The van der Waals surface area contributed by atoms with Crippen molar-refractivity contribution in [2.45, 2.75) is 50.5 Å². The van der Waals surface area contributed by atoms with E-state index in [1.165, 1.54) is 50.9 Å². The Morgan fingerprint density at radius 3 is 2.81 bits per heavy atom. The average Bonchev–Trinajstić information content (AvgIpc) is 3.01. The number of nitrogens with zero attached hydrogens (tertiary/aromatic N) is 2. The highest BCUT2D eigenvalue weighted by Gasteiger charge is 2.24. The summed E-state index contributed by atoms with van der Waals surface area (Å²) in [7, 11) is 0. The Morgan fingerprint density at radius 1 is 1.19 bits per heavy atom. The zero-order chi connectivity index (χ0) is 10.8. The molecule has 88 valence electrons. The van der Waals surface area contributed by atoms with Crippen LogP contribution in [0.25, 0.3) is 0 Å². The fraction of sp³-hybridized carbons (Fsp3) is 0.769. The lowest BCUT2D eigenvalue weighted by molar-refractivity contribution is 0.357. The molecule has 1 aliphatic heterocycles. The molecule has 1 aromatic rings. The van der Waals surface area contributed by atoms with Crippen molar-refractivity contribution in [3.05, 3.63) is 18.2 Å². The van der Waals surface area contributed by atoms with E-state index >= 15 is 0 Å². The summed E-state index contributed by atoms with van der Waals surface area (Å²) >= 11 is 0. The number of hydrogen-bond donors (Lipinski definition) is 1. The molecule has 2 heterocycles. The second kappa shape index (κ2) is 4.58. The van der Waals surface area contributed by atoms with Crippen molar-refractivity contribution in [3.63, 3.8) is 0 Å². The van der Waals surface area contributed by atoms with Crippen molar-refractivity contribution >= 4 is 0 Å². The molecule has 1 N–H and O–H groups in total. The molecule has 1 aromatic heterocycles. The van der Waals surface area contributed by atoms with Crippen LogP contribution in [0, 0.1) is 0 Å². The summed E-state index contributed by atoms with van der Waals surface area (Å²) in [5.74, 6) is 2.09. The van der Waals surface area contributed by atoms with E-state index in [1.54, 1.807) is 0 Å². The van der Waals surface area contributed by atoms with Crippen LogP contribution in [0.2, 0.25) is 0 Å². The molecule has 0 spiro atoms. The maximum Gasteiger partial charge on any atom is 0.112 e. The van der Waals surface area contributed by atoms with Crippen molar-refractivity contribution in [2.24, 2.45) is 0 Å². The van der Waals surface area contributed by atoms with Gasteiger partial charge in [-0.05, 0) is 32.2 Å². The maximum absolute atomic E-state index is 4.61. The van der Waals surface area contributed by atoms with Gasteiger partial charge in [-0.1, -0.05) is 12.8 Å². The Labute approximate surface area is 97.3 Å². The van der Waals surface area contributed by atoms with E-state index in [0.717, 1.165) is 12.5 Å². The molecule has 2 fully saturated rings. The van der Waals surface area contributed by atoms with Crippen LogP contribution in [-0.4, -0.2) is 22.6 Å². The van der Waals surface area contributed by atoms with Crippen molar-refractivity contribution < 1.29 is 0 Å². The van der Waals surface area contributed by atoms with Crippen LogP contribution in [0.1, 0.15) is 56.3 Å². The molecule has 3 heteroatoms. The van der Waals surface area contributed by atoms with Crippen LogP contribution in [-0.2, 0) is 0 Å². The van der Waals surface area contributed by atoms with Gasteiger partial charge >= 0.3 is 0 Å². The Morgan fingerprint density at radius 2 is 2.06 bits per heavy atom. The lowest BCUT2D eigenvalue weighted by Crippen LogP contribution is -2.32. The predicted octanol–water partition coefficient (Wildman–Crippen LogP) is 2.47. The van der Waals surface area contributed by atoms with Gasteiger partial charge in [0.05, 0.1) is 0 Å². The average molecular weight is 219 g/mol. The first-order valence-electron chi connectivity index (χ1n) is 6.68. The van der Waals surface area contributed by atoms with E-state index in [2.05, 4.69) is 21.1 Å². The molecule has 1 saturated carbocycles. The molecule has 0 bridgehead atoms. The smallest absolute Gasteiger partial charge is 0.112 e. The molecule has 3 nitrogen and oxygen atoms in total. The lowest BCUT2D eigenvalue weighted by Gasteiger charge is -2.26. The third-order valence-electron chi connectivity index (χ3n) is 4.08. The van der Waals surface area contributed by atoms with Crippen LogP contribution in [0.3, 0.4) is 0 Å². The fourth-order valence-corrected chi connectivity index (χ4v) is 3.20. The van der Waals surface area contributed by atoms with E-state index in [1.807, 2.05) is 6.20 Å². The highest BCUT2D eigenvalue weighted by Crippen LogP contribution is 2.34. The topological polar surface area (TPSA) is 29.9 Å². The van der Waals surface area contributed by atoms with Crippen molar-refractivity contribution in [1.29, 1.82) is 0 Å². The van der Waals surface area contributed by atoms with Gasteiger partial charge < -0.3 is 9.88 Å². The standard InChI is InChI=1S/C13H21N3/c1-2-5-11(4-1)13-15-8-9-16(13)12-6-3-7-14-10-12/h8-9,11-12,14H,1-7,10H2. The summed E-state index contributed by atoms with van der Waals surface area (Å²) in [5.41, 5.74) is 0. The van der Waals surface area contributed by atoms with E-state index in [9.17, 15) is 0 Å². The first-order chi connectivity index (χ1) is 7.95. The zero-order valence-corrected chi connectivity index (χ0v) is 9.86. The van der Waals surface area contributed by atoms with Gasteiger partial charge in [0.15, 0.2) is 0 Å². The second-order valence-electron chi connectivity index (χ2n) is 5.17. The molecule has 1 saturated heterocycles. The summed E-state index contributed by atoms with van der Waals surface area (Å²) in [6.07, 6.45) is 12.2. The molecular formula is C13H21N3. The number of aromatic nitrogens is 2. The first kappa shape index (κ1) is 10.3. The van der Waals surface area contributed by atoms with E-state index < -0.39 is 0 Å². The molecule has 1 unspecified atom stereocenters. The molecule has 16 heavy (non-hydrogen) atoms. The van der Waals surface area contributed by atoms with E-state index in [4.69, 9.17) is 0 Å². The largest absolute Gasteiger partial charge is 0.330 e. The third kappa shape index (κ3) is 1.88. The van der Waals surface area contributed by atoms with Crippen molar-refractivity contribution in [3.8, 4) is 0 Å². The Balaban J connectivity index is 1.80. The number of nitrogens with one attached hydrogen (secondary N) is 1. The van der Waals surface area contributed by atoms with E-state index in [-0.39, 0.29) is 0 Å². The SMILES string of the molecule is c1cn(C2CCCNC2)c(C2CCCC2)n1. The number of piperidine rings is 1. The van der Waals surface area contributed by atoms with Gasteiger partial charge in [0.1, 0.15) is 5.82 Å². The normalized spacial score (nSPS) is 27.4. The molecule has 1 aliphatic carbocycles. The minimum atomic E-state index is 0.645. The first-order valence-corrected chi connectivity index (χ1v) is 6.68. The monoisotopic (exact) mass is 219 g/mol. The molecular weight excluding hydrogens is 198 g/mol. The van der Waals surface area contributed by atoms with Gasteiger partial charge in [0.2, 0.25) is 0 Å².